The normalized spacial score (nSPS) is 10.9. The number of carbonyl (C=O) groups is 1. The van der Waals surface area contributed by atoms with Crippen LogP contribution in [0.3, 0.4) is 0 Å². The zero-order valence-electron chi connectivity index (χ0n) is 16.9. The molecule has 0 unspecified atom stereocenters. The van der Waals surface area contributed by atoms with Gasteiger partial charge in [0.25, 0.3) is 17.2 Å². The number of nitrogens with zero attached hydrogens (tertiary/aromatic N) is 4. The van der Waals surface area contributed by atoms with Gasteiger partial charge in [-0.25, -0.2) is 4.98 Å². The number of aromatic amines is 1. The van der Waals surface area contributed by atoms with E-state index in [9.17, 15) is 9.59 Å². The molecule has 152 valence electrons. The second-order valence-electron chi connectivity index (χ2n) is 6.97. The van der Waals surface area contributed by atoms with E-state index in [0.29, 0.717) is 28.5 Å². The fourth-order valence-corrected chi connectivity index (χ4v) is 3.30. The molecular formula is C22H21N5O3. The van der Waals surface area contributed by atoms with Gasteiger partial charge in [0.1, 0.15) is 11.6 Å². The van der Waals surface area contributed by atoms with Crippen LogP contribution >= 0.6 is 0 Å². The number of aromatic nitrogens is 4. The summed E-state index contributed by atoms with van der Waals surface area (Å²) in [5, 5.41) is 2.95. The molecule has 0 saturated heterocycles. The number of carbonyl (C=O) groups excluding carboxylic acids is 1. The number of methoxy groups -OCH3 is 1. The van der Waals surface area contributed by atoms with Gasteiger partial charge in [-0.05, 0) is 43.7 Å². The van der Waals surface area contributed by atoms with Crippen molar-refractivity contribution < 1.29 is 9.53 Å². The SMILES string of the molecule is COc1ccccc1C(=O)N(Cc1nc2nc(C)cc(=O)n2[nH]1)c1cccc(C)c1. The number of anilines is 1. The molecule has 0 saturated carbocycles. The number of ether oxygens (including phenoxy) is 1. The van der Waals surface area contributed by atoms with Crippen LogP contribution in [0.2, 0.25) is 0 Å². The van der Waals surface area contributed by atoms with Crippen molar-refractivity contribution in [3.63, 3.8) is 0 Å². The molecule has 30 heavy (non-hydrogen) atoms. The van der Waals surface area contributed by atoms with E-state index in [1.165, 1.54) is 17.7 Å². The number of benzene rings is 2. The van der Waals surface area contributed by atoms with Crippen LogP contribution in [0.1, 0.15) is 27.4 Å². The lowest BCUT2D eigenvalue weighted by Gasteiger charge is -2.23. The van der Waals surface area contributed by atoms with Crippen molar-refractivity contribution in [3.05, 3.63) is 87.6 Å². The highest BCUT2D eigenvalue weighted by Crippen LogP contribution is 2.25. The second-order valence-corrected chi connectivity index (χ2v) is 6.97. The lowest BCUT2D eigenvalue weighted by atomic mass is 10.1. The third-order valence-electron chi connectivity index (χ3n) is 4.71. The predicted octanol–water partition coefficient (Wildman–Crippen LogP) is 2.89. The largest absolute Gasteiger partial charge is 0.496 e. The van der Waals surface area contributed by atoms with Gasteiger partial charge in [0.15, 0.2) is 0 Å². The van der Waals surface area contributed by atoms with E-state index in [2.05, 4.69) is 15.1 Å². The first kappa shape index (κ1) is 19.4. The second kappa shape index (κ2) is 7.82. The Bertz CT molecular complexity index is 1290. The first-order valence-corrected chi connectivity index (χ1v) is 9.43. The maximum atomic E-state index is 13.5. The molecule has 2 aromatic heterocycles. The molecule has 0 aliphatic rings. The van der Waals surface area contributed by atoms with Gasteiger partial charge in [-0.1, -0.05) is 24.3 Å². The molecule has 0 fully saturated rings. The van der Waals surface area contributed by atoms with Crippen molar-refractivity contribution in [2.45, 2.75) is 20.4 Å². The Kier molecular flexibility index (Phi) is 5.05. The monoisotopic (exact) mass is 403 g/mol. The van der Waals surface area contributed by atoms with Gasteiger partial charge in [0.2, 0.25) is 0 Å². The molecule has 0 bridgehead atoms. The number of aryl methyl sites for hydroxylation is 2. The topological polar surface area (TPSA) is 92.6 Å². The van der Waals surface area contributed by atoms with E-state index < -0.39 is 0 Å². The van der Waals surface area contributed by atoms with Gasteiger partial charge in [0, 0.05) is 17.4 Å². The number of fused-ring (bicyclic) bond motifs is 1. The predicted molar refractivity (Wildman–Crippen MR) is 113 cm³/mol. The van der Waals surface area contributed by atoms with Crippen LogP contribution in [-0.2, 0) is 6.54 Å². The van der Waals surface area contributed by atoms with Crippen LogP contribution in [0, 0.1) is 13.8 Å². The fourth-order valence-electron chi connectivity index (χ4n) is 3.30. The number of para-hydroxylation sites is 1. The molecule has 0 radical (unpaired) electrons. The van der Waals surface area contributed by atoms with Gasteiger partial charge in [-0.15, -0.1) is 0 Å². The molecule has 4 rings (SSSR count). The van der Waals surface area contributed by atoms with Crippen molar-refractivity contribution in [2.75, 3.05) is 12.0 Å². The van der Waals surface area contributed by atoms with E-state index in [-0.39, 0.29) is 23.8 Å². The first-order chi connectivity index (χ1) is 14.5. The Morgan fingerprint density at radius 2 is 1.90 bits per heavy atom. The lowest BCUT2D eigenvalue weighted by molar-refractivity contribution is 0.0981. The Labute approximate surface area is 172 Å². The van der Waals surface area contributed by atoms with Gasteiger partial charge in [0.05, 0.1) is 19.2 Å². The molecule has 0 atom stereocenters. The minimum absolute atomic E-state index is 0.127. The number of nitrogens with one attached hydrogen (secondary N) is 1. The summed E-state index contributed by atoms with van der Waals surface area (Å²) in [5.74, 6) is 0.951. The molecule has 2 aromatic carbocycles. The van der Waals surface area contributed by atoms with Crippen molar-refractivity contribution in [1.29, 1.82) is 0 Å². The summed E-state index contributed by atoms with van der Waals surface area (Å²) in [5.41, 5.74) is 2.49. The Hall–Kier alpha value is -3.94. The number of hydrogen-bond donors (Lipinski definition) is 1. The van der Waals surface area contributed by atoms with E-state index in [0.717, 1.165) is 5.56 Å². The van der Waals surface area contributed by atoms with Crippen LogP contribution in [0.5, 0.6) is 5.75 Å². The Morgan fingerprint density at radius 1 is 1.10 bits per heavy atom. The summed E-state index contributed by atoms with van der Waals surface area (Å²) in [4.78, 5) is 36.0. The smallest absolute Gasteiger partial charge is 0.274 e. The summed E-state index contributed by atoms with van der Waals surface area (Å²) >= 11 is 0. The lowest BCUT2D eigenvalue weighted by Crippen LogP contribution is -2.31. The average Bonchev–Trinajstić information content (AvgIpc) is 3.14. The van der Waals surface area contributed by atoms with E-state index in [4.69, 9.17) is 4.74 Å². The van der Waals surface area contributed by atoms with Crippen LogP contribution in [0.25, 0.3) is 5.78 Å². The molecule has 2 heterocycles. The van der Waals surface area contributed by atoms with Crippen molar-refractivity contribution in [1.82, 2.24) is 19.6 Å². The molecule has 0 aliphatic carbocycles. The van der Waals surface area contributed by atoms with Gasteiger partial charge in [-0.2, -0.15) is 9.50 Å². The number of amides is 1. The maximum absolute atomic E-state index is 13.5. The van der Waals surface area contributed by atoms with Crippen molar-refractivity contribution in [3.8, 4) is 5.75 Å². The molecule has 4 aromatic rings. The minimum Gasteiger partial charge on any atom is -0.496 e. The third-order valence-corrected chi connectivity index (χ3v) is 4.71. The van der Waals surface area contributed by atoms with E-state index >= 15 is 0 Å². The van der Waals surface area contributed by atoms with E-state index in [1.54, 1.807) is 30.0 Å². The summed E-state index contributed by atoms with van der Waals surface area (Å²) in [6.45, 7) is 3.82. The zero-order chi connectivity index (χ0) is 21.3. The Balaban J connectivity index is 1.79. The standard InChI is InChI=1S/C22H21N5O3/c1-14-7-6-8-16(11-14)26(21(29)17-9-4-5-10-18(17)30-3)13-19-24-22-23-15(2)12-20(28)27(22)25-19/h4-12H,13H2,1-3H3,(H,23,24,25). The van der Waals surface area contributed by atoms with Gasteiger partial charge < -0.3 is 9.64 Å². The highest BCUT2D eigenvalue weighted by molar-refractivity contribution is 6.07. The van der Waals surface area contributed by atoms with Crippen LogP contribution in [0.15, 0.2) is 59.4 Å². The highest BCUT2D eigenvalue weighted by Gasteiger charge is 2.23. The van der Waals surface area contributed by atoms with Crippen molar-refractivity contribution in [2.24, 2.45) is 0 Å². The molecule has 0 aliphatic heterocycles. The number of H-pyrrole nitrogens is 1. The third kappa shape index (κ3) is 3.67. The van der Waals surface area contributed by atoms with Crippen LogP contribution in [0.4, 0.5) is 5.69 Å². The van der Waals surface area contributed by atoms with Crippen molar-refractivity contribution >= 4 is 17.4 Å². The quantitative estimate of drug-likeness (QED) is 0.553. The van der Waals surface area contributed by atoms with Crippen LogP contribution < -0.4 is 15.2 Å². The average molecular weight is 403 g/mol. The molecule has 8 heteroatoms. The van der Waals surface area contributed by atoms with Gasteiger partial charge in [-0.3, -0.25) is 14.7 Å². The molecule has 8 nitrogen and oxygen atoms in total. The highest BCUT2D eigenvalue weighted by atomic mass is 16.5. The summed E-state index contributed by atoms with van der Waals surface area (Å²) in [6.07, 6.45) is 0. The fraction of sp³-hybridized carbons (Fsp3) is 0.182. The molecule has 1 N–H and O–H groups in total. The maximum Gasteiger partial charge on any atom is 0.274 e. The van der Waals surface area contributed by atoms with E-state index in [1.807, 2.05) is 37.3 Å². The van der Waals surface area contributed by atoms with Crippen LogP contribution in [-0.4, -0.2) is 32.6 Å². The van der Waals surface area contributed by atoms with Gasteiger partial charge >= 0.3 is 0 Å². The molecule has 1 amide bonds. The summed E-state index contributed by atoms with van der Waals surface area (Å²) < 4.78 is 6.65. The molecular weight excluding hydrogens is 382 g/mol. The summed E-state index contributed by atoms with van der Waals surface area (Å²) in [7, 11) is 1.53. The summed E-state index contributed by atoms with van der Waals surface area (Å²) in [6, 6.07) is 16.1. The number of hydrogen-bond acceptors (Lipinski definition) is 5. The minimum atomic E-state index is -0.255. The molecule has 0 spiro atoms. The Morgan fingerprint density at radius 3 is 2.67 bits per heavy atom. The number of rotatable bonds is 5. The first-order valence-electron chi connectivity index (χ1n) is 9.43. The zero-order valence-corrected chi connectivity index (χ0v) is 16.9.